The maximum atomic E-state index is 12.5. The van der Waals surface area contributed by atoms with Gasteiger partial charge in [-0.15, -0.1) is 0 Å². The van der Waals surface area contributed by atoms with Gasteiger partial charge in [0.2, 0.25) is 5.91 Å². The summed E-state index contributed by atoms with van der Waals surface area (Å²) in [7, 11) is 0. The zero-order chi connectivity index (χ0) is 17.7. The molecule has 2 aliphatic carbocycles. The van der Waals surface area contributed by atoms with Crippen molar-refractivity contribution in [2.75, 3.05) is 6.54 Å². The number of rotatable bonds is 6. The summed E-state index contributed by atoms with van der Waals surface area (Å²) in [6, 6.07) is 0.284. The average molecular weight is 347 g/mol. The predicted molar refractivity (Wildman–Crippen MR) is 95.0 cm³/mol. The number of hydrogen-bond donors (Lipinski definition) is 3. The molecule has 0 aliphatic heterocycles. The molecule has 1 aromatic heterocycles. The fourth-order valence-electron chi connectivity index (χ4n) is 3.98. The molecule has 0 bridgehead atoms. The van der Waals surface area contributed by atoms with E-state index < -0.39 is 0 Å². The molecule has 2 saturated carbocycles. The normalized spacial score (nSPS) is 20.4. The molecule has 2 aliphatic rings. The van der Waals surface area contributed by atoms with Crippen molar-refractivity contribution in [2.24, 2.45) is 5.73 Å². The summed E-state index contributed by atoms with van der Waals surface area (Å²) >= 11 is 0. The number of amides is 2. The highest BCUT2D eigenvalue weighted by Gasteiger charge is 2.34. The lowest BCUT2D eigenvalue weighted by atomic mass is 9.95. The van der Waals surface area contributed by atoms with E-state index in [-0.39, 0.29) is 29.9 Å². The lowest BCUT2D eigenvalue weighted by molar-refractivity contribution is -0.122. The van der Waals surface area contributed by atoms with Gasteiger partial charge in [-0.3, -0.25) is 14.3 Å². The molecular formula is C18H29N5O2. The van der Waals surface area contributed by atoms with Crippen molar-refractivity contribution in [1.29, 1.82) is 0 Å². The van der Waals surface area contributed by atoms with Gasteiger partial charge in [-0.05, 0) is 25.7 Å². The Morgan fingerprint density at radius 1 is 1.20 bits per heavy atom. The van der Waals surface area contributed by atoms with Crippen molar-refractivity contribution in [3.63, 3.8) is 0 Å². The highest BCUT2D eigenvalue weighted by atomic mass is 16.2. The van der Waals surface area contributed by atoms with Crippen LogP contribution in [0.25, 0.3) is 0 Å². The van der Waals surface area contributed by atoms with Gasteiger partial charge in [0.1, 0.15) is 6.54 Å². The number of nitrogens with two attached hydrogens (primary N) is 1. The smallest absolute Gasteiger partial charge is 0.254 e. The zero-order valence-corrected chi connectivity index (χ0v) is 14.8. The van der Waals surface area contributed by atoms with Crippen LogP contribution in [0, 0.1) is 0 Å². The van der Waals surface area contributed by atoms with E-state index in [2.05, 4.69) is 15.7 Å². The summed E-state index contributed by atoms with van der Waals surface area (Å²) in [6.07, 6.45) is 12.9. The van der Waals surface area contributed by atoms with Gasteiger partial charge in [-0.25, -0.2) is 0 Å². The topological polar surface area (TPSA) is 102 Å². The fourth-order valence-corrected chi connectivity index (χ4v) is 3.98. The summed E-state index contributed by atoms with van der Waals surface area (Å²) in [6.45, 7) is 0.600. The monoisotopic (exact) mass is 347 g/mol. The third-order valence-corrected chi connectivity index (χ3v) is 5.50. The molecule has 0 radical (unpaired) electrons. The van der Waals surface area contributed by atoms with Crippen molar-refractivity contribution in [2.45, 2.75) is 75.9 Å². The second-order valence-corrected chi connectivity index (χ2v) is 7.47. The highest BCUT2D eigenvalue weighted by Crippen LogP contribution is 2.28. The van der Waals surface area contributed by atoms with Crippen LogP contribution < -0.4 is 16.4 Å². The minimum Gasteiger partial charge on any atom is -0.352 e. The number of hydrogen-bond acceptors (Lipinski definition) is 4. The molecular weight excluding hydrogens is 318 g/mol. The maximum absolute atomic E-state index is 12.5. The molecule has 7 heteroatoms. The van der Waals surface area contributed by atoms with Gasteiger partial charge in [0, 0.05) is 18.8 Å². The molecule has 0 spiro atoms. The largest absolute Gasteiger partial charge is 0.352 e. The molecule has 3 rings (SSSR count). The van der Waals surface area contributed by atoms with E-state index in [1.807, 2.05) is 0 Å². The van der Waals surface area contributed by atoms with Crippen LogP contribution in [-0.2, 0) is 11.3 Å². The number of carbonyl (C=O) groups is 2. The number of nitrogens with one attached hydrogen (secondary N) is 2. The summed E-state index contributed by atoms with van der Waals surface area (Å²) in [5, 5.41) is 10.3. The molecule has 4 N–H and O–H groups in total. The molecule has 138 valence electrons. The Morgan fingerprint density at radius 2 is 1.92 bits per heavy atom. The first-order chi connectivity index (χ1) is 12.1. The van der Waals surface area contributed by atoms with E-state index in [0.29, 0.717) is 12.1 Å². The van der Waals surface area contributed by atoms with Crippen molar-refractivity contribution >= 4 is 11.8 Å². The Balaban J connectivity index is 1.52. The van der Waals surface area contributed by atoms with Gasteiger partial charge in [-0.1, -0.05) is 32.1 Å². The number of carbonyl (C=O) groups excluding carboxylic acids is 2. The Morgan fingerprint density at radius 3 is 2.60 bits per heavy atom. The zero-order valence-electron chi connectivity index (χ0n) is 14.8. The van der Waals surface area contributed by atoms with Gasteiger partial charge < -0.3 is 16.4 Å². The molecule has 1 aromatic rings. The Hall–Kier alpha value is -1.89. The minimum absolute atomic E-state index is 0.0452. The first kappa shape index (κ1) is 17.9. The van der Waals surface area contributed by atoms with Crippen LogP contribution in [-0.4, -0.2) is 39.7 Å². The highest BCUT2D eigenvalue weighted by molar-refractivity contribution is 5.94. The first-order valence-corrected chi connectivity index (χ1v) is 9.45. The second kappa shape index (κ2) is 7.99. The maximum Gasteiger partial charge on any atom is 0.254 e. The molecule has 7 nitrogen and oxygen atoms in total. The molecule has 0 atom stereocenters. The number of nitrogens with zero attached hydrogens (tertiary/aromatic N) is 2. The molecule has 1 heterocycles. The molecule has 25 heavy (non-hydrogen) atoms. The van der Waals surface area contributed by atoms with Crippen LogP contribution in [0.1, 0.15) is 68.1 Å². The van der Waals surface area contributed by atoms with E-state index in [1.54, 1.807) is 6.20 Å². The van der Waals surface area contributed by atoms with E-state index in [9.17, 15) is 9.59 Å². The summed E-state index contributed by atoms with van der Waals surface area (Å²) in [4.78, 5) is 24.6. The van der Waals surface area contributed by atoms with Crippen molar-refractivity contribution in [1.82, 2.24) is 20.4 Å². The third kappa shape index (κ3) is 4.60. The van der Waals surface area contributed by atoms with Crippen LogP contribution >= 0.6 is 0 Å². The van der Waals surface area contributed by atoms with E-state index in [1.165, 1.54) is 30.1 Å². The van der Waals surface area contributed by atoms with Gasteiger partial charge >= 0.3 is 0 Å². The van der Waals surface area contributed by atoms with Gasteiger partial charge in [0.25, 0.3) is 5.91 Å². The third-order valence-electron chi connectivity index (χ3n) is 5.50. The lowest BCUT2D eigenvalue weighted by Crippen LogP contribution is -2.51. The Labute approximate surface area is 148 Å². The van der Waals surface area contributed by atoms with Crippen LogP contribution in [0.5, 0.6) is 0 Å². The molecule has 2 fully saturated rings. The minimum atomic E-state index is -0.280. The quantitative estimate of drug-likeness (QED) is 0.722. The molecule has 0 aromatic carbocycles. The van der Waals surface area contributed by atoms with Crippen molar-refractivity contribution < 1.29 is 9.59 Å². The second-order valence-electron chi connectivity index (χ2n) is 7.47. The molecule has 0 saturated heterocycles. The van der Waals surface area contributed by atoms with E-state index in [4.69, 9.17) is 5.73 Å². The average Bonchev–Trinajstić information content (AvgIpc) is 3.26. The fraction of sp³-hybridized carbons (Fsp3) is 0.722. The SMILES string of the molecule is NCC1(NC(=O)c2cnn(CC(=O)NC3CCCCC3)c2)CCCC1. The van der Waals surface area contributed by atoms with E-state index >= 15 is 0 Å². The Bertz CT molecular complexity index is 600. The van der Waals surface area contributed by atoms with Crippen molar-refractivity contribution in [3.8, 4) is 0 Å². The first-order valence-electron chi connectivity index (χ1n) is 9.45. The van der Waals surface area contributed by atoms with Crippen LogP contribution in [0.3, 0.4) is 0 Å². The van der Waals surface area contributed by atoms with Gasteiger partial charge in [0.15, 0.2) is 0 Å². The van der Waals surface area contributed by atoms with Gasteiger partial charge in [-0.2, -0.15) is 5.10 Å². The summed E-state index contributed by atoms with van der Waals surface area (Å²) < 4.78 is 1.52. The van der Waals surface area contributed by atoms with Gasteiger partial charge in [0.05, 0.1) is 17.3 Å². The molecule has 2 amide bonds. The standard InChI is InChI=1S/C18H29N5O2/c19-13-18(8-4-5-9-18)22-17(25)14-10-20-23(11-14)12-16(24)21-15-6-2-1-3-7-15/h10-11,15H,1-9,12-13,19H2,(H,21,24)(H,22,25). The van der Waals surface area contributed by atoms with Crippen LogP contribution in [0.4, 0.5) is 0 Å². The predicted octanol–water partition coefficient (Wildman–Crippen LogP) is 1.33. The van der Waals surface area contributed by atoms with E-state index in [0.717, 1.165) is 38.5 Å². The summed E-state index contributed by atoms with van der Waals surface area (Å²) in [5.74, 6) is -0.206. The Kier molecular flexibility index (Phi) is 5.73. The summed E-state index contributed by atoms with van der Waals surface area (Å²) in [5.41, 5.74) is 6.06. The van der Waals surface area contributed by atoms with Crippen LogP contribution in [0.2, 0.25) is 0 Å². The number of aromatic nitrogens is 2. The molecule has 0 unspecified atom stereocenters. The lowest BCUT2D eigenvalue weighted by Gasteiger charge is -2.28. The van der Waals surface area contributed by atoms with Crippen molar-refractivity contribution in [3.05, 3.63) is 18.0 Å². The van der Waals surface area contributed by atoms with Crippen LogP contribution in [0.15, 0.2) is 12.4 Å².